The molecule has 45 heavy (non-hydrogen) atoms. The van der Waals surface area contributed by atoms with Gasteiger partial charge in [0.2, 0.25) is 11.8 Å². The van der Waals surface area contributed by atoms with E-state index >= 15 is 0 Å². The van der Waals surface area contributed by atoms with E-state index in [1.807, 2.05) is 0 Å². The molecule has 6 rings (SSSR count). The van der Waals surface area contributed by atoms with Crippen LogP contribution in [0.3, 0.4) is 0 Å². The van der Waals surface area contributed by atoms with Crippen molar-refractivity contribution >= 4 is 40.3 Å². The fraction of sp³-hybridized carbons (Fsp3) is 0.323. The molecule has 0 aliphatic carbocycles. The highest BCUT2D eigenvalue weighted by Crippen LogP contribution is 2.35. The number of hydrogen-bond acceptors (Lipinski definition) is 8. The number of anilines is 1. The van der Waals surface area contributed by atoms with Gasteiger partial charge in [-0.15, -0.1) is 0 Å². The van der Waals surface area contributed by atoms with Gasteiger partial charge in [-0.25, -0.2) is 4.98 Å². The van der Waals surface area contributed by atoms with Crippen LogP contribution < -0.4 is 16.0 Å². The summed E-state index contributed by atoms with van der Waals surface area (Å²) in [6.07, 6.45) is 4.03. The number of halogens is 3. The maximum absolute atomic E-state index is 13.4. The number of carbonyl (C=O) groups is 4. The third kappa shape index (κ3) is 6.26. The quantitative estimate of drug-likeness (QED) is 0.173. The number of carbonyl (C=O) groups excluding carboxylic acids is 4. The number of para-hydroxylation sites is 1. The summed E-state index contributed by atoms with van der Waals surface area (Å²) in [5.41, 5.74) is 1.62. The molecular formula is C31H28F3N7O4. The molecule has 232 valence electrons. The Hall–Kier alpha value is -5.14. The van der Waals surface area contributed by atoms with Crippen LogP contribution in [0.5, 0.6) is 0 Å². The number of rotatable bonds is 10. The number of aromatic nitrogens is 4. The Labute approximate surface area is 254 Å². The second-order valence-electron chi connectivity index (χ2n) is 11.0. The predicted molar refractivity (Wildman–Crippen MR) is 156 cm³/mol. The first kappa shape index (κ1) is 29.9. The highest BCUT2D eigenvalue weighted by atomic mass is 19.4. The number of aryl methyl sites for hydroxylation is 1. The molecule has 0 radical (unpaired) electrons. The van der Waals surface area contributed by atoms with Gasteiger partial charge in [-0.05, 0) is 49.1 Å². The van der Waals surface area contributed by atoms with E-state index in [0.717, 1.165) is 31.7 Å². The Kier molecular flexibility index (Phi) is 8.04. The minimum Gasteiger partial charge on any atom is -0.385 e. The normalized spacial score (nSPS) is 16.6. The smallest absolute Gasteiger partial charge is 0.385 e. The van der Waals surface area contributed by atoms with Crippen LogP contribution in [0.1, 0.15) is 76.3 Å². The van der Waals surface area contributed by atoms with Crippen molar-refractivity contribution in [1.29, 1.82) is 0 Å². The molecule has 1 unspecified atom stereocenters. The zero-order valence-corrected chi connectivity index (χ0v) is 23.9. The Bertz CT molecular complexity index is 1840. The van der Waals surface area contributed by atoms with Crippen molar-refractivity contribution < 1.29 is 32.3 Å². The van der Waals surface area contributed by atoms with Gasteiger partial charge in [-0.3, -0.25) is 39.5 Å². The molecule has 0 bridgehead atoms. The maximum Gasteiger partial charge on any atom is 0.418 e. The molecule has 1 saturated heterocycles. The number of unbranched alkanes of at least 4 members (excludes halogenated alkanes) is 3. The third-order valence-corrected chi connectivity index (χ3v) is 7.96. The number of piperidine rings is 1. The van der Waals surface area contributed by atoms with Crippen molar-refractivity contribution in [1.82, 2.24) is 30.4 Å². The molecule has 2 aromatic heterocycles. The van der Waals surface area contributed by atoms with Gasteiger partial charge in [-0.1, -0.05) is 18.9 Å². The lowest BCUT2D eigenvalue weighted by Crippen LogP contribution is -2.39. The molecule has 4 aromatic rings. The van der Waals surface area contributed by atoms with Crippen molar-refractivity contribution in [3.05, 3.63) is 71.2 Å². The van der Waals surface area contributed by atoms with Crippen LogP contribution >= 0.6 is 0 Å². The highest BCUT2D eigenvalue weighted by molar-refractivity contribution is 6.22. The molecule has 4 heterocycles. The molecule has 2 aromatic carbocycles. The largest absolute Gasteiger partial charge is 0.418 e. The standard InChI is InChI=1S/C31H28F3N7O4/c32-31(33,34)22-6-5-7-23-27(22)38-25(15-36-23)17-14-37-41(16-17)11-4-2-1-3-10-35-24-13-21-20(29(44)40-30(21)45)12-19(24)18-8-9-26(42)39-28(18)43/h5-7,12-16,18,35H,1-4,8-11H2,(H,39,42,43)(H,40,44,45). The molecule has 11 nitrogen and oxygen atoms in total. The summed E-state index contributed by atoms with van der Waals surface area (Å²) in [5, 5.41) is 12.2. The second kappa shape index (κ2) is 12.1. The Morgan fingerprint density at radius 2 is 1.73 bits per heavy atom. The van der Waals surface area contributed by atoms with E-state index in [1.54, 1.807) is 29.2 Å². The molecule has 14 heteroatoms. The third-order valence-electron chi connectivity index (χ3n) is 7.96. The van der Waals surface area contributed by atoms with E-state index in [2.05, 4.69) is 31.0 Å². The van der Waals surface area contributed by atoms with Crippen LogP contribution in [0.25, 0.3) is 22.3 Å². The zero-order chi connectivity index (χ0) is 31.7. The van der Waals surface area contributed by atoms with E-state index in [0.29, 0.717) is 42.0 Å². The summed E-state index contributed by atoms with van der Waals surface area (Å²) in [5.74, 6) is -2.40. The van der Waals surface area contributed by atoms with Crippen LogP contribution in [0, 0.1) is 0 Å². The van der Waals surface area contributed by atoms with Crippen molar-refractivity contribution in [2.45, 2.75) is 57.2 Å². The molecule has 4 amide bonds. The number of imide groups is 2. The topological polar surface area (TPSA) is 148 Å². The molecule has 0 spiro atoms. The number of amides is 4. The van der Waals surface area contributed by atoms with Gasteiger partial charge in [0.15, 0.2) is 0 Å². The fourth-order valence-corrected chi connectivity index (χ4v) is 5.66. The number of fused-ring (bicyclic) bond motifs is 2. The lowest BCUT2D eigenvalue weighted by molar-refractivity contribution is -0.136. The molecule has 2 aliphatic heterocycles. The SMILES string of the molecule is O=C1CCC(c2cc3c(cc2NCCCCCCn2cc(-c4cnc5cccc(C(F)(F)F)c5n4)cn2)C(=O)NC3=O)C(=O)N1. The monoisotopic (exact) mass is 619 g/mol. The Morgan fingerprint density at radius 3 is 2.51 bits per heavy atom. The van der Waals surface area contributed by atoms with Crippen LogP contribution in [-0.4, -0.2) is 49.9 Å². The minimum atomic E-state index is -4.54. The van der Waals surface area contributed by atoms with Gasteiger partial charge in [-0.2, -0.15) is 18.3 Å². The van der Waals surface area contributed by atoms with Gasteiger partial charge in [0, 0.05) is 37.0 Å². The molecule has 1 atom stereocenters. The van der Waals surface area contributed by atoms with Gasteiger partial charge in [0.25, 0.3) is 11.8 Å². The van der Waals surface area contributed by atoms with Crippen LogP contribution in [0.4, 0.5) is 18.9 Å². The van der Waals surface area contributed by atoms with Gasteiger partial charge >= 0.3 is 6.18 Å². The van der Waals surface area contributed by atoms with Gasteiger partial charge < -0.3 is 5.32 Å². The first-order chi connectivity index (χ1) is 21.6. The lowest BCUT2D eigenvalue weighted by Gasteiger charge is -2.24. The van der Waals surface area contributed by atoms with Crippen molar-refractivity contribution in [3.8, 4) is 11.3 Å². The first-order valence-corrected chi connectivity index (χ1v) is 14.6. The highest BCUT2D eigenvalue weighted by Gasteiger charge is 2.35. The van der Waals surface area contributed by atoms with E-state index in [9.17, 15) is 32.3 Å². The minimum absolute atomic E-state index is 0.166. The van der Waals surface area contributed by atoms with E-state index in [1.165, 1.54) is 18.3 Å². The Morgan fingerprint density at radius 1 is 0.956 bits per heavy atom. The summed E-state index contributed by atoms with van der Waals surface area (Å²) in [6.45, 7) is 1.16. The molecule has 1 fully saturated rings. The van der Waals surface area contributed by atoms with E-state index in [4.69, 9.17) is 0 Å². The number of hydrogen-bond donors (Lipinski definition) is 3. The fourth-order valence-electron chi connectivity index (χ4n) is 5.66. The second-order valence-corrected chi connectivity index (χ2v) is 11.0. The van der Waals surface area contributed by atoms with Crippen molar-refractivity contribution in [2.24, 2.45) is 0 Å². The van der Waals surface area contributed by atoms with E-state index in [-0.39, 0.29) is 34.5 Å². The number of nitrogens with zero attached hydrogens (tertiary/aromatic N) is 4. The number of benzene rings is 2. The summed E-state index contributed by atoms with van der Waals surface area (Å²) in [7, 11) is 0. The maximum atomic E-state index is 13.4. The summed E-state index contributed by atoms with van der Waals surface area (Å²) < 4.78 is 42.1. The van der Waals surface area contributed by atoms with Gasteiger partial charge in [0.1, 0.15) is 5.52 Å². The molecular weight excluding hydrogens is 591 g/mol. The molecule has 2 aliphatic rings. The number of nitrogens with one attached hydrogen (secondary N) is 3. The summed E-state index contributed by atoms with van der Waals surface area (Å²) >= 11 is 0. The summed E-state index contributed by atoms with van der Waals surface area (Å²) in [4.78, 5) is 57.1. The first-order valence-electron chi connectivity index (χ1n) is 14.6. The lowest BCUT2D eigenvalue weighted by atomic mass is 9.87. The van der Waals surface area contributed by atoms with Crippen LogP contribution in [-0.2, 0) is 22.3 Å². The van der Waals surface area contributed by atoms with Crippen molar-refractivity contribution in [3.63, 3.8) is 0 Å². The average Bonchev–Trinajstić information content (AvgIpc) is 3.58. The van der Waals surface area contributed by atoms with Crippen LogP contribution in [0.15, 0.2) is 48.9 Å². The summed E-state index contributed by atoms with van der Waals surface area (Å²) in [6, 6.07) is 6.94. The molecule has 0 saturated carbocycles. The van der Waals surface area contributed by atoms with Gasteiger partial charge in [0.05, 0.1) is 46.2 Å². The van der Waals surface area contributed by atoms with E-state index < -0.39 is 35.4 Å². The van der Waals surface area contributed by atoms with Crippen molar-refractivity contribution in [2.75, 3.05) is 11.9 Å². The van der Waals surface area contributed by atoms with Crippen LogP contribution in [0.2, 0.25) is 0 Å². The zero-order valence-electron chi connectivity index (χ0n) is 23.9. The average molecular weight is 620 g/mol. The molecule has 3 N–H and O–H groups in total. The predicted octanol–water partition coefficient (Wildman–Crippen LogP) is 4.59. The number of alkyl halides is 3. The Balaban J connectivity index is 1.03.